The molecule has 1 unspecified atom stereocenters. The Morgan fingerprint density at radius 1 is 1.28 bits per heavy atom. The number of hydrogen-bond donors (Lipinski definition) is 1. The SMILES string of the molecule is CC(N)c1ccc(N2CCC(C)(C)CC2)c(Cl)c1. The Morgan fingerprint density at radius 2 is 1.89 bits per heavy atom. The molecule has 0 saturated carbocycles. The summed E-state index contributed by atoms with van der Waals surface area (Å²) in [5.41, 5.74) is 8.59. The van der Waals surface area contributed by atoms with Gasteiger partial charge in [-0.25, -0.2) is 0 Å². The lowest BCUT2D eigenvalue weighted by atomic mass is 9.82. The smallest absolute Gasteiger partial charge is 0.0642 e. The van der Waals surface area contributed by atoms with Gasteiger partial charge in [0, 0.05) is 19.1 Å². The van der Waals surface area contributed by atoms with Crippen LogP contribution in [0.2, 0.25) is 5.02 Å². The second-order valence-corrected chi connectivity index (χ2v) is 6.56. The van der Waals surface area contributed by atoms with Crippen molar-refractivity contribution in [3.63, 3.8) is 0 Å². The normalized spacial score (nSPS) is 20.8. The predicted octanol–water partition coefficient (Wildman–Crippen LogP) is 3.99. The third kappa shape index (κ3) is 2.99. The van der Waals surface area contributed by atoms with E-state index in [1.807, 2.05) is 13.0 Å². The van der Waals surface area contributed by atoms with Gasteiger partial charge in [-0.15, -0.1) is 0 Å². The summed E-state index contributed by atoms with van der Waals surface area (Å²) >= 11 is 6.38. The summed E-state index contributed by atoms with van der Waals surface area (Å²) in [5.74, 6) is 0. The first-order valence-electron chi connectivity index (χ1n) is 6.69. The maximum atomic E-state index is 6.38. The molecular weight excluding hydrogens is 244 g/mol. The standard InChI is InChI=1S/C15H23ClN2/c1-11(17)12-4-5-14(13(16)10-12)18-8-6-15(2,3)7-9-18/h4-5,10-11H,6-9,17H2,1-3H3. The number of rotatable bonds is 2. The minimum atomic E-state index is 0.0387. The van der Waals surface area contributed by atoms with E-state index in [2.05, 4.69) is 30.9 Å². The van der Waals surface area contributed by atoms with Crippen LogP contribution in [0.3, 0.4) is 0 Å². The molecule has 3 heteroatoms. The van der Waals surface area contributed by atoms with E-state index in [1.54, 1.807) is 0 Å². The Balaban J connectivity index is 2.15. The zero-order valence-corrected chi connectivity index (χ0v) is 12.3. The lowest BCUT2D eigenvalue weighted by Crippen LogP contribution is -2.37. The van der Waals surface area contributed by atoms with Crippen molar-refractivity contribution in [2.75, 3.05) is 18.0 Å². The maximum Gasteiger partial charge on any atom is 0.0642 e. The molecule has 18 heavy (non-hydrogen) atoms. The Labute approximate surface area is 115 Å². The number of piperidine rings is 1. The maximum absolute atomic E-state index is 6.38. The van der Waals surface area contributed by atoms with Crippen molar-refractivity contribution in [3.05, 3.63) is 28.8 Å². The highest BCUT2D eigenvalue weighted by Crippen LogP contribution is 2.35. The van der Waals surface area contributed by atoms with E-state index < -0.39 is 0 Å². The van der Waals surface area contributed by atoms with E-state index in [1.165, 1.54) is 12.8 Å². The quantitative estimate of drug-likeness (QED) is 0.877. The van der Waals surface area contributed by atoms with Crippen molar-refractivity contribution >= 4 is 17.3 Å². The van der Waals surface area contributed by atoms with E-state index in [4.69, 9.17) is 17.3 Å². The van der Waals surface area contributed by atoms with Crippen molar-refractivity contribution in [2.24, 2.45) is 11.1 Å². The number of nitrogens with zero attached hydrogens (tertiary/aromatic N) is 1. The molecule has 0 bridgehead atoms. The molecule has 100 valence electrons. The molecule has 1 heterocycles. The zero-order chi connectivity index (χ0) is 13.3. The summed E-state index contributed by atoms with van der Waals surface area (Å²) in [5, 5.41) is 0.824. The van der Waals surface area contributed by atoms with Gasteiger partial charge < -0.3 is 10.6 Å². The van der Waals surface area contributed by atoms with Crippen LogP contribution >= 0.6 is 11.6 Å². The van der Waals surface area contributed by atoms with E-state index in [0.717, 1.165) is 29.4 Å². The summed E-state index contributed by atoms with van der Waals surface area (Å²) in [6.45, 7) is 8.83. The second kappa shape index (κ2) is 5.10. The van der Waals surface area contributed by atoms with Gasteiger partial charge in [0.05, 0.1) is 10.7 Å². The molecule has 1 saturated heterocycles. The van der Waals surface area contributed by atoms with Crippen molar-refractivity contribution in [3.8, 4) is 0 Å². The lowest BCUT2D eigenvalue weighted by molar-refractivity contribution is 0.280. The van der Waals surface area contributed by atoms with Gasteiger partial charge in [0.25, 0.3) is 0 Å². The van der Waals surface area contributed by atoms with E-state index >= 15 is 0 Å². The number of halogens is 1. The first-order chi connectivity index (χ1) is 8.39. The molecule has 1 aliphatic rings. The number of benzene rings is 1. The highest BCUT2D eigenvalue weighted by Gasteiger charge is 2.26. The van der Waals surface area contributed by atoms with E-state index in [9.17, 15) is 0 Å². The molecule has 1 atom stereocenters. The minimum Gasteiger partial charge on any atom is -0.370 e. The van der Waals surface area contributed by atoms with Gasteiger partial charge in [-0.1, -0.05) is 31.5 Å². The van der Waals surface area contributed by atoms with Crippen LogP contribution in [-0.4, -0.2) is 13.1 Å². The van der Waals surface area contributed by atoms with E-state index in [-0.39, 0.29) is 6.04 Å². The molecule has 0 aliphatic carbocycles. The molecular formula is C15H23ClN2. The zero-order valence-electron chi connectivity index (χ0n) is 11.5. The van der Waals surface area contributed by atoms with Crippen molar-refractivity contribution in [2.45, 2.75) is 39.7 Å². The van der Waals surface area contributed by atoms with Gasteiger partial charge in [0.15, 0.2) is 0 Å². The van der Waals surface area contributed by atoms with Crippen LogP contribution in [-0.2, 0) is 0 Å². The molecule has 0 radical (unpaired) electrons. The Kier molecular flexibility index (Phi) is 3.88. The average Bonchev–Trinajstić information content (AvgIpc) is 2.29. The summed E-state index contributed by atoms with van der Waals surface area (Å²) < 4.78 is 0. The van der Waals surface area contributed by atoms with Crippen LogP contribution in [0.5, 0.6) is 0 Å². The molecule has 0 aromatic heterocycles. The van der Waals surface area contributed by atoms with Crippen LogP contribution in [0.4, 0.5) is 5.69 Å². The predicted molar refractivity (Wildman–Crippen MR) is 79.3 cm³/mol. The fourth-order valence-electron chi connectivity index (χ4n) is 2.42. The van der Waals surface area contributed by atoms with Gasteiger partial charge in [-0.2, -0.15) is 0 Å². The molecule has 1 aliphatic heterocycles. The van der Waals surface area contributed by atoms with Crippen LogP contribution in [0, 0.1) is 5.41 Å². The number of hydrogen-bond acceptors (Lipinski definition) is 2. The minimum absolute atomic E-state index is 0.0387. The topological polar surface area (TPSA) is 29.3 Å². The Bertz CT molecular complexity index is 417. The molecule has 2 rings (SSSR count). The van der Waals surface area contributed by atoms with Crippen molar-refractivity contribution in [1.29, 1.82) is 0 Å². The third-order valence-corrected chi connectivity index (χ3v) is 4.26. The summed E-state index contributed by atoms with van der Waals surface area (Å²) in [6.07, 6.45) is 2.44. The lowest BCUT2D eigenvalue weighted by Gasteiger charge is -2.38. The molecule has 0 amide bonds. The molecule has 2 nitrogen and oxygen atoms in total. The molecule has 1 aromatic carbocycles. The van der Waals surface area contributed by atoms with Gasteiger partial charge >= 0.3 is 0 Å². The second-order valence-electron chi connectivity index (χ2n) is 6.15. The Hall–Kier alpha value is -0.730. The fraction of sp³-hybridized carbons (Fsp3) is 0.600. The highest BCUT2D eigenvalue weighted by atomic mass is 35.5. The molecule has 2 N–H and O–H groups in total. The van der Waals surface area contributed by atoms with Crippen LogP contribution in [0.15, 0.2) is 18.2 Å². The number of nitrogens with two attached hydrogens (primary N) is 1. The first kappa shape index (κ1) is 13.7. The van der Waals surface area contributed by atoms with Crippen molar-refractivity contribution in [1.82, 2.24) is 0 Å². The fourth-order valence-corrected chi connectivity index (χ4v) is 2.72. The largest absolute Gasteiger partial charge is 0.370 e. The highest BCUT2D eigenvalue weighted by molar-refractivity contribution is 6.33. The first-order valence-corrected chi connectivity index (χ1v) is 7.07. The Morgan fingerprint density at radius 3 is 2.39 bits per heavy atom. The number of anilines is 1. The van der Waals surface area contributed by atoms with Gasteiger partial charge in [-0.3, -0.25) is 0 Å². The molecule has 1 aromatic rings. The van der Waals surface area contributed by atoms with Crippen LogP contribution in [0.25, 0.3) is 0 Å². The third-order valence-electron chi connectivity index (χ3n) is 3.96. The molecule has 0 spiro atoms. The summed E-state index contributed by atoms with van der Waals surface area (Å²) in [6, 6.07) is 6.24. The summed E-state index contributed by atoms with van der Waals surface area (Å²) in [7, 11) is 0. The van der Waals surface area contributed by atoms with Crippen LogP contribution in [0.1, 0.15) is 45.2 Å². The van der Waals surface area contributed by atoms with Gasteiger partial charge in [-0.05, 0) is 42.9 Å². The van der Waals surface area contributed by atoms with E-state index in [0.29, 0.717) is 5.41 Å². The molecule has 1 fully saturated rings. The van der Waals surface area contributed by atoms with Crippen LogP contribution < -0.4 is 10.6 Å². The van der Waals surface area contributed by atoms with Gasteiger partial charge in [0.2, 0.25) is 0 Å². The average molecular weight is 267 g/mol. The van der Waals surface area contributed by atoms with Gasteiger partial charge in [0.1, 0.15) is 0 Å². The van der Waals surface area contributed by atoms with Crippen molar-refractivity contribution < 1.29 is 0 Å². The monoisotopic (exact) mass is 266 g/mol. The summed E-state index contributed by atoms with van der Waals surface area (Å²) in [4.78, 5) is 2.39.